The third-order valence-corrected chi connectivity index (χ3v) is 6.64. The summed E-state index contributed by atoms with van der Waals surface area (Å²) in [6.45, 7) is 6.32. The van der Waals surface area contributed by atoms with Gasteiger partial charge < -0.3 is 14.2 Å². The van der Waals surface area contributed by atoms with Crippen LogP contribution in [0.1, 0.15) is 63.6 Å². The molecule has 0 radical (unpaired) electrons. The van der Waals surface area contributed by atoms with Crippen molar-refractivity contribution in [2.75, 3.05) is 19.5 Å². The van der Waals surface area contributed by atoms with E-state index in [1.54, 1.807) is 37.9 Å². The molecule has 180 valence electrons. The Bertz CT molecular complexity index is 937. The van der Waals surface area contributed by atoms with Crippen LogP contribution in [0.3, 0.4) is 0 Å². The van der Waals surface area contributed by atoms with Gasteiger partial charge in [-0.25, -0.2) is 0 Å². The molecule has 0 bridgehead atoms. The van der Waals surface area contributed by atoms with Crippen molar-refractivity contribution in [1.29, 1.82) is 0 Å². The van der Waals surface area contributed by atoms with Crippen LogP contribution in [0, 0.1) is 4.91 Å². The van der Waals surface area contributed by atoms with Crippen molar-refractivity contribution in [3.05, 3.63) is 51.4 Å². The van der Waals surface area contributed by atoms with E-state index in [0.29, 0.717) is 36.0 Å². The lowest BCUT2D eigenvalue weighted by Gasteiger charge is -2.19. The predicted octanol–water partition coefficient (Wildman–Crippen LogP) is 7.40. The summed E-state index contributed by atoms with van der Waals surface area (Å²) < 4.78 is 16.9. The topological polar surface area (TPSA) is 74.2 Å². The minimum atomic E-state index is -0.428. The Morgan fingerprint density at radius 2 is 1.97 bits per heavy atom. The van der Waals surface area contributed by atoms with Gasteiger partial charge in [0.15, 0.2) is 0 Å². The number of thioether (sulfide) groups is 1. The highest BCUT2D eigenvalue weighted by Gasteiger charge is 2.21. The Labute approximate surface area is 205 Å². The smallest absolute Gasteiger partial charge is 0.310 e. The molecule has 2 rings (SSSR count). The number of carbonyl (C=O) groups is 1. The summed E-state index contributed by atoms with van der Waals surface area (Å²) in [5.74, 6) is 2.46. The molecule has 0 aliphatic carbocycles. The summed E-state index contributed by atoms with van der Waals surface area (Å²) in [4.78, 5) is 23.6. The zero-order valence-corrected chi connectivity index (χ0v) is 21.3. The summed E-state index contributed by atoms with van der Waals surface area (Å²) in [6.07, 6.45) is 3.47. The van der Waals surface area contributed by atoms with Gasteiger partial charge in [-0.05, 0) is 43.5 Å². The minimum absolute atomic E-state index is 0.289. The van der Waals surface area contributed by atoms with Crippen molar-refractivity contribution in [2.45, 2.75) is 63.8 Å². The number of nitrogens with zero attached hydrogens (tertiary/aromatic N) is 1. The summed E-state index contributed by atoms with van der Waals surface area (Å²) >= 11 is 7.96. The van der Waals surface area contributed by atoms with E-state index in [9.17, 15) is 9.70 Å². The molecule has 8 heteroatoms. The Morgan fingerprint density at radius 1 is 1.18 bits per heavy atom. The molecule has 0 saturated heterocycles. The molecule has 0 aliphatic rings. The van der Waals surface area contributed by atoms with Crippen molar-refractivity contribution >= 4 is 29.3 Å². The first-order valence-electron chi connectivity index (χ1n) is 11.3. The minimum Gasteiger partial charge on any atom is -0.496 e. The van der Waals surface area contributed by atoms with E-state index in [-0.39, 0.29) is 5.97 Å². The van der Waals surface area contributed by atoms with Crippen molar-refractivity contribution in [3.63, 3.8) is 0 Å². The molecule has 0 N–H and O–H groups in total. The maximum Gasteiger partial charge on any atom is 0.310 e. The fraction of sp³-hybridized carbons (Fsp3) is 0.480. The second kappa shape index (κ2) is 14.1. The van der Waals surface area contributed by atoms with Crippen molar-refractivity contribution in [1.82, 2.24) is 0 Å². The summed E-state index contributed by atoms with van der Waals surface area (Å²) in [5.41, 5.74) is 1.79. The Balaban J connectivity index is 1.97. The van der Waals surface area contributed by atoms with E-state index >= 15 is 0 Å². The molecule has 2 aromatic rings. The van der Waals surface area contributed by atoms with Gasteiger partial charge in [0.2, 0.25) is 0 Å². The van der Waals surface area contributed by atoms with Crippen LogP contribution in [0.15, 0.2) is 40.4 Å². The molecular weight excluding hydrogens is 462 g/mol. The van der Waals surface area contributed by atoms with Crippen molar-refractivity contribution in [3.8, 4) is 17.2 Å². The van der Waals surface area contributed by atoms with Gasteiger partial charge in [-0.3, -0.25) is 4.79 Å². The maximum atomic E-state index is 11.4. The van der Waals surface area contributed by atoms with Crippen molar-refractivity contribution in [2.24, 2.45) is 5.18 Å². The molecule has 1 unspecified atom stereocenters. The highest BCUT2D eigenvalue weighted by atomic mass is 35.5. The number of rotatable bonds is 14. The number of hydrogen-bond donors (Lipinski definition) is 0. The van der Waals surface area contributed by atoms with E-state index in [1.165, 1.54) is 0 Å². The highest BCUT2D eigenvalue weighted by Crippen LogP contribution is 2.39. The first-order valence-corrected chi connectivity index (χ1v) is 12.6. The van der Waals surface area contributed by atoms with E-state index in [2.05, 4.69) is 12.1 Å². The third kappa shape index (κ3) is 7.64. The molecule has 1 atom stereocenters. The zero-order valence-electron chi connectivity index (χ0n) is 19.7. The third-order valence-electron chi connectivity index (χ3n) is 5.05. The molecule has 0 fully saturated rings. The standard InChI is InChI=1S/C25H32ClNO5S/c1-5-9-19-22(12-11-18(25(19)30-4)21(6-2)27-29)31-14-8-15-33-23-13-10-17(16-20(23)26)32-24(28)7-3/h10-13,16,21H,5-9,14-15H2,1-4H3. The van der Waals surface area contributed by atoms with E-state index in [4.69, 9.17) is 25.8 Å². The molecule has 0 spiro atoms. The average Bonchev–Trinajstić information content (AvgIpc) is 2.82. The molecular formula is C25H32ClNO5S. The molecule has 6 nitrogen and oxygen atoms in total. The largest absolute Gasteiger partial charge is 0.496 e. The second-order valence-electron chi connectivity index (χ2n) is 7.41. The van der Waals surface area contributed by atoms with Gasteiger partial charge in [0.1, 0.15) is 23.3 Å². The molecule has 33 heavy (non-hydrogen) atoms. The highest BCUT2D eigenvalue weighted by molar-refractivity contribution is 7.99. The van der Waals surface area contributed by atoms with E-state index in [1.807, 2.05) is 25.1 Å². The normalized spacial score (nSPS) is 11.7. The monoisotopic (exact) mass is 493 g/mol. The molecule has 0 heterocycles. The molecule has 2 aromatic carbocycles. The Hall–Kier alpha value is -2.25. The number of carbonyl (C=O) groups excluding carboxylic acids is 1. The summed E-state index contributed by atoms with van der Waals surface area (Å²) in [7, 11) is 1.62. The molecule has 0 amide bonds. The fourth-order valence-corrected chi connectivity index (χ4v) is 4.57. The summed E-state index contributed by atoms with van der Waals surface area (Å²) in [6, 6.07) is 8.64. The SMILES string of the molecule is CCCc1c(OCCCSc2ccc(OC(=O)CC)cc2Cl)ccc(C(CC)N=O)c1OC. The molecule has 0 aliphatic heterocycles. The van der Waals surface area contributed by atoms with Crippen LogP contribution in [-0.2, 0) is 11.2 Å². The van der Waals surface area contributed by atoms with Gasteiger partial charge in [-0.15, -0.1) is 11.8 Å². The number of benzene rings is 2. The number of methoxy groups -OCH3 is 1. The number of halogens is 1. The lowest BCUT2D eigenvalue weighted by molar-refractivity contribution is -0.134. The Kier molecular flexibility index (Phi) is 11.5. The number of esters is 1. The van der Waals surface area contributed by atoms with Crippen LogP contribution in [-0.4, -0.2) is 25.4 Å². The van der Waals surface area contributed by atoms with Crippen LogP contribution in [0.5, 0.6) is 17.2 Å². The number of hydrogen-bond acceptors (Lipinski definition) is 7. The van der Waals surface area contributed by atoms with Gasteiger partial charge >= 0.3 is 5.97 Å². The number of nitroso groups, excluding NO2 is 1. The van der Waals surface area contributed by atoms with Crippen LogP contribution in [0.2, 0.25) is 5.02 Å². The van der Waals surface area contributed by atoms with Crippen LogP contribution in [0.4, 0.5) is 0 Å². The quantitative estimate of drug-likeness (QED) is 0.0897. The molecule has 0 aromatic heterocycles. The lowest BCUT2D eigenvalue weighted by atomic mass is 9.97. The maximum absolute atomic E-state index is 11.4. The van der Waals surface area contributed by atoms with Crippen LogP contribution < -0.4 is 14.2 Å². The lowest BCUT2D eigenvalue weighted by Crippen LogP contribution is -2.06. The van der Waals surface area contributed by atoms with Gasteiger partial charge in [0.05, 0.1) is 18.7 Å². The summed E-state index contributed by atoms with van der Waals surface area (Å²) in [5, 5.41) is 3.81. The Morgan fingerprint density at radius 3 is 2.58 bits per heavy atom. The van der Waals surface area contributed by atoms with Gasteiger partial charge in [-0.1, -0.05) is 44.0 Å². The van der Waals surface area contributed by atoms with E-state index in [0.717, 1.165) is 46.8 Å². The van der Waals surface area contributed by atoms with E-state index < -0.39 is 6.04 Å². The second-order valence-corrected chi connectivity index (χ2v) is 8.96. The first-order chi connectivity index (χ1) is 16.0. The number of ether oxygens (including phenoxy) is 3. The van der Waals surface area contributed by atoms with Crippen LogP contribution in [0.25, 0.3) is 0 Å². The van der Waals surface area contributed by atoms with Crippen LogP contribution >= 0.6 is 23.4 Å². The average molecular weight is 494 g/mol. The van der Waals surface area contributed by atoms with Crippen molar-refractivity contribution < 1.29 is 19.0 Å². The fourth-order valence-electron chi connectivity index (χ4n) is 3.39. The van der Waals surface area contributed by atoms with Gasteiger partial charge in [0, 0.05) is 34.3 Å². The van der Waals surface area contributed by atoms with Gasteiger partial charge in [0.25, 0.3) is 0 Å². The first kappa shape index (κ1) is 27.0. The predicted molar refractivity (Wildman–Crippen MR) is 134 cm³/mol. The molecule has 0 saturated carbocycles. The zero-order chi connectivity index (χ0) is 24.2. The van der Waals surface area contributed by atoms with Gasteiger partial charge in [-0.2, -0.15) is 4.91 Å².